The smallest absolute Gasteiger partial charge is 0.168 e. The largest absolute Gasteiger partial charge is 0.275 e. The van der Waals surface area contributed by atoms with Crippen LogP contribution in [0.3, 0.4) is 0 Å². The van der Waals surface area contributed by atoms with Crippen molar-refractivity contribution in [3.8, 4) is 22.8 Å². The Bertz CT molecular complexity index is 1290. The van der Waals surface area contributed by atoms with Crippen LogP contribution in [0.25, 0.3) is 34.0 Å². The molecular weight excluding hydrogens is 426 g/mol. The van der Waals surface area contributed by atoms with Gasteiger partial charge in [-0.1, -0.05) is 119 Å². The van der Waals surface area contributed by atoms with Crippen LogP contribution in [0.15, 0.2) is 110 Å². The fraction of sp³-hybridized carbons (Fsp3) is 0.188. The molecule has 0 saturated heterocycles. The number of rotatable bonds is 8. The Morgan fingerprint density at radius 3 is 1.71 bits per heavy atom. The number of nitrogens with zero attached hydrogens (tertiary/aromatic N) is 3. The minimum Gasteiger partial charge on any atom is -0.275 e. The molecule has 0 atom stereocenters. The molecule has 3 rings (SSSR count). The molecule has 0 bridgehead atoms. The second-order valence-electron chi connectivity index (χ2n) is 9.27. The van der Waals surface area contributed by atoms with Crippen molar-refractivity contribution in [2.75, 3.05) is 0 Å². The zero-order chi connectivity index (χ0) is 25.4. The monoisotopic (exact) mass is 461 g/mol. The van der Waals surface area contributed by atoms with E-state index in [2.05, 4.69) is 103 Å². The average Bonchev–Trinajstić information content (AvgIpc) is 3.28. The number of benzene rings is 2. The van der Waals surface area contributed by atoms with Gasteiger partial charge in [-0.15, -0.1) is 10.2 Å². The minimum atomic E-state index is 0.0871. The Morgan fingerprint density at radius 1 is 0.743 bits per heavy atom. The molecular formula is C32H35N3. The highest BCUT2D eigenvalue weighted by Crippen LogP contribution is 2.31. The van der Waals surface area contributed by atoms with Gasteiger partial charge in [0, 0.05) is 16.8 Å². The standard InChI is InChI=1S/C32H35N3/c1-8-12-24(13-9-2)25-16-18-26(19-17-25)30-33-34-31(35(30)29(14-10-3)15-11-4)27-20-22-28(23-21-27)32(5,6)7/h8-23H,1,3H2,2,4-7H3/b13-9-,15-11-,24-12+,29-14+. The maximum Gasteiger partial charge on any atom is 0.168 e. The summed E-state index contributed by atoms with van der Waals surface area (Å²) in [5.74, 6) is 1.56. The summed E-state index contributed by atoms with van der Waals surface area (Å²) in [5.41, 5.74) is 6.53. The molecule has 0 radical (unpaired) electrons. The highest BCUT2D eigenvalue weighted by atomic mass is 15.3. The quantitative estimate of drug-likeness (QED) is 0.314. The molecule has 0 aliphatic heterocycles. The second kappa shape index (κ2) is 11.4. The maximum atomic E-state index is 4.63. The molecule has 0 aliphatic carbocycles. The highest BCUT2D eigenvalue weighted by Gasteiger charge is 2.19. The van der Waals surface area contributed by atoms with E-state index in [0.717, 1.165) is 39.6 Å². The number of allylic oxidation sites excluding steroid dienone is 10. The summed E-state index contributed by atoms with van der Waals surface area (Å²) in [5, 5.41) is 9.25. The van der Waals surface area contributed by atoms with Crippen molar-refractivity contribution in [2.24, 2.45) is 0 Å². The van der Waals surface area contributed by atoms with Gasteiger partial charge in [0.25, 0.3) is 0 Å². The topological polar surface area (TPSA) is 30.7 Å². The van der Waals surface area contributed by atoms with Gasteiger partial charge in [0.05, 0.1) is 0 Å². The van der Waals surface area contributed by atoms with Crippen molar-refractivity contribution >= 4 is 11.3 Å². The van der Waals surface area contributed by atoms with E-state index in [1.165, 1.54) is 5.56 Å². The summed E-state index contributed by atoms with van der Waals surface area (Å²) in [4.78, 5) is 0. The van der Waals surface area contributed by atoms with E-state index >= 15 is 0 Å². The minimum absolute atomic E-state index is 0.0871. The first-order valence-electron chi connectivity index (χ1n) is 11.9. The van der Waals surface area contributed by atoms with Crippen molar-refractivity contribution < 1.29 is 0 Å². The molecule has 2 aromatic carbocycles. The SMILES string of the molecule is C=C/C=C(\C=C/C)c1ccc(-c2nnc(-c3ccc(C(C)(C)C)cc3)n2C(/C=C\C)=C/C=C)cc1. The van der Waals surface area contributed by atoms with Crippen LogP contribution >= 0.6 is 0 Å². The molecule has 178 valence electrons. The zero-order valence-electron chi connectivity index (χ0n) is 21.5. The summed E-state index contributed by atoms with van der Waals surface area (Å²) in [6, 6.07) is 17.0. The predicted molar refractivity (Wildman–Crippen MR) is 152 cm³/mol. The van der Waals surface area contributed by atoms with E-state index < -0.39 is 0 Å². The summed E-state index contributed by atoms with van der Waals surface area (Å²) < 4.78 is 2.09. The third-order valence-electron chi connectivity index (χ3n) is 5.68. The number of aromatic nitrogens is 3. The first kappa shape index (κ1) is 25.6. The van der Waals surface area contributed by atoms with Crippen LogP contribution in [0, 0.1) is 0 Å². The lowest BCUT2D eigenvalue weighted by Crippen LogP contribution is -2.10. The van der Waals surface area contributed by atoms with E-state index in [9.17, 15) is 0 Å². The molecule has 0 aliphatic rings. The Hall–Kier alpha value is -3.98. The molecule has 0 unspecified atom stereocenters. The van der Waals surface area contributed by atoms with Crippen LogP contribution < -0.4 is 0 Å². The van der Waals surface area contributed by atoms with Gasteiger partial charge in [-0.2, -0.15) is 0 Å². The first-order chi connectivity index (χ1) is 16.8. The van der Waals surface area contributed by atoms with Crippen molar-refractivity contribution in [2.45, 2.75) is 40.0 Å². The molecule has 0 spiro atoms. The van der Waals surface area contributed by atoms with E-state index in [-0.39, 0.29) is 5.41 Å². The van der Waals surface area contributed by atoms with Crippen LogP contribution in [-0.4, -0.2) is 14.8 Å². The molecule has 3 heteroatoms. The Balaban J connectivity index is 2.17. The fourth-order valence-corrected chi connectivity index (χ4v) is 3.88. The summed E-state index contributed by atoms with van der Waals surface area (Å²) in [6.07, 6.45) is 15.7. The highest BCUT2D eigenvalue weighted by molar-refractivity contribution is 5.78. The van der Waals surface area contributed by atoms with Crippen LogP contribution in [0.1, 0.15) is 45.7 Å². The number of hydrogen-bond donors (Lipinski definition) is 0. The van der Waals surface area contributed by atoms with Crippen LogP contribution in [0.5, 0.6) is 0 Å². The number of hydrogen-bond acceptors (Lipinski definition) is 2. The molecule has 1 aromatic heterocycles. The van der Waals surface area contributed by atoms with Gasteiger partial charge in [-0.3, -0.25) is 4.57 Å². The molecule has 0 fully saturated rings. The Labute approximate surface area is 210 Å². The lowest BCUT2D eigenvalue weighted by atomic mass is 9.86. The van der Waals surface area contributed by atoms with Gasteiger partial charge in [0.2, 0.25) is 0 Å². The van der Waals surface area contributed by atoms with Gasteiger partial charge in [-0.05, 0) is 48.1 Å². The molecule has 3 nitrogen and oxygen atoms in total. The summed E-state index contributed by atoms with van der Waals surface area (Å²) in [7, 11) is 0. The third kappa shape index (κ3) is 5.93. The molecule has 35 heavy (non-hydrogen) atoms. The lowest BCUT2D eigenvalue weighted by Gasteiger charge is -2.19. The van der Waals surface area contributed by atoms with Gasteiger partial charge in [0.15, 0.2) is 11.6 Å². The molecule has 1 heterocycles. The van der Waals surface area contributed by atoms with Gasteiger partial charge < -0.3 is 0 Å². The summed E-state index contributed by atoms with van der Waals surface area (Å²) >= 11 is 0. The van der Waals surface area contributed by atoms with Gasteiger partial charge in [0.1, 0.15) is 0 Å². The fourth-order valence-electron chi connectivity index (χ4n) is 3.88. The van der Waals surface area contributed by atoms with Crippen LogP contribution in [-0.2, 0) is 5.41 Å². The van der Waals surface area contributed by atoms with Crippen molar-refractivity contribution in [3.05, 3.63) is 121 Å². The third-order valence-corrected chi connectivity index (χ3v) is 5.68. The molecule has 0 amide bonds. The average molecular weight is 462 g/mol. The normalized spacial score (nSPS) is 13.1. The van der Waals surface area contributed by atoms with Crippen molar-refractivity contribution in [1.29, 1.82) is 0 Å². The molecule has 0 saturated carbocycles. The van der Waals surface area contributed by atoms with Crippen LogP contribution in [0.2, 0.25) is 0 Å². The second-order valence-corrected chi connectivity index (χ2v) is 9.27. The van der Waals surface area contributed by atoms with E-state index in [1.54, 1.807) is 12.2 Å². The molecule has 0 N–H and O–H groups in total. The van der Waals surface area contributed by atoms with Gasteiger partial charge in [-0.25, -0.2) is 0 Å². The Morgan fingerprint density at radius 2 is 1.26 bits per heavy atom. The van der Waals surface area contributed by atoms with E-state index in [4.69, 9.17) is 0 Å². The maximum absolute atomic E-state index is 4.63. The lowest BCUT2D eigenvalue weighted by molar-refractivity contribution is 0.590. The molecule has 3 aromatic rings. The van der Waals surface area contributed by atoms with Crippen molar-refractivity contribution in [1.82, 2.24) is 14.8 Å². The van der Waals surface area contributed by atoms with E-state index in [0.29, 0.717) is 0 Å². The summed E-state index contributed by atoms with van der Waals surface area (Å²) in [6.45, 7) is 18.4. The zero-order valence-corrected chi connectivity index (χ0v) is 21.5. The predicted octanol–water partition coefficient (Wildman–Crippen LogP) is 8.66. The van der Waals surface area contributed by atoms with Gasteiger partial charge >= 0.3 is 0 Å². The van der Waals surface area contributed by atoms with Crippen LogP contribution in [0.4, 0.5) is 0 Å². The first-order valence-corrected chi connectivity index (χ1v) is 11.9. The van der Waals surface area contributed by atoms with Crippen molar-refractivity contribution in [3.63, 3.8) is 0 Å². The van der Waals surface area contributed by atoms with E-state index in [1.807, 2.05) is 44.2 Å². The Kier molecular flexibility index (Phi) is 8.38.